The molecule has 4 heteroatoms. The number of hydrogen-bond acceptors (Lipinski definition) is 2. The Kier molecular flexibility index (Phi) is 9.09. The van der Waals surface area contributed by atoms with Gasteiger partial charge in [-0.25, -0.2) is 4.79 Å². The molecule has 0 heterocycles. The van der Waals surface area contributed by atoms with Gasteiger partial charge in [-0.05, 0) is 76.4 Å². The summed E-state index contributed by atoms with van der Waals surface area (Å²) in [6.07, 6.45) is 5.17. The lowest BCUT2D eigenvalue weighted by atomic mass is 10.2. The first-order valence-electron chi connectivity index (χ1n) is 11.9. The third-order valence-electron chi connectivity index (χ3n) is 5.68. The maximum absolute atomic E-state index is 11.8. The van der Waals surface area contributed by atoms with Gasteiger partial charge in [0, 0.05) is 6.54 Å². The van der Waals surface area contributed by atoms with Crippen LogP contribution in [0.4, 0.5) is 4.79 Å². The highest BCUT2D eigenvalue weighted by atomic mass is 31.2. The summed E-state index contributed by atoms with van der Waals surface area (Å²) >= 11 is 0. The number of alkyl carbamates (subject to hydrolysis) is 1. The number of carbonyl (C=O) groups is 1. The molecule has 0 aliphatic heterocycles. The van der Waals surface area contributed by atoms with E-state index in [0.29, 0.717) is 6.54 Å². The summed E-state index contributed by atoms with van der Waals surface area (Å²) in [6, 6.07) is 33.1. The van der Waals surface area contributed by atoms with E-state index >= 15 is 0 Å². The molecule has 0 radical (unpaired) electrons. The zero-order valence-electron chi connectivity index (χ0n) is 20.2. The Morgan fingerprint density at radius 3 is 1.55 bits per heavy atom. The highest BCUT2D eigenvalue weighted by Crippen LogP contribution is 2.55. The van der Waals surface area contributed by atoms with Gasteiger partial charge in [0.15, 0.2) is 0 Å². The Hall–Kier alpha value is -2.64. The second-order valence-corrected chi connectivity index (χ2v) is 13.0. The van der Waals surface area contributed by atoms with Crippen molar-refractivity contribution in [1.82, 2.24) is 5.32 Å². The fraction of sp³-hybridized carbons (Fsp3) is 0.345. The lowest BCUT2D eigenvalue weighted by molar-refractivity contribution is 0.0527. The number of rotatable bonds is 10. The molecule has 3 aromatic rings. The Balaban J connectivity index is 1.68. The molecule has 3 rings (SSSR count). The van der Waals surface area contributed by atoms with Crippen molar-refractivity contribution >= 4 is 29.3 Å². The average Bonchev–Trinajstić information content (AvgIpc) is 2.82. The molecule has 1 amide bonds. The summed E-state index contributed by atoms with van der Waals surface area (Å²) in [5.41, 5.74) is -0.455. The van der Waals surface area contributed by atoms with E-state index < -0.39 is 12.9 Å². The molecule has 0 aromatic heterocycles. The number of amides is 1. The van der Waals surface area contributed by atoms with Crippen LogP contribution < -0.4 is 21.2 Å². The van der Waals surface area contributed by atoms with Gasteiger partial charge in [0.25, 0.3) is 0 Å². The topological polar surface area (TPSA) is 38.3 Å². The van der Waals surface area contributed by atoms with Crippen LogP contribution in [0, 0.1) is 0 Å². The summed E-state index contributed by atoms with van der Waals surface area (Å²) in [5.74, 6) is 0. The number of hydrogen-bond donors (Lipinski definition) is 1. The summed E-state index contributed by atoms with van der Waals surface area (Å²) in [5, 5.41) is 7.19. The van der Waals surface area contributed by atoms with Crippen molar-refractivity contribution in [2.45, 2.75) is 52.1 Å². The minimum absolute atomic E-state index is 0.329. The van der Waals surface area contributed by atoms with E-state index in [4.69, 9.17) is 4.74 Å². The second-order valence-electron chi connectivity index (χ2n) is 9.38. The maximum atomic E-state index is 11.8. The first-order chi connectivity index (χ1) is 15.9. The van der Waals surface area contributed by atoms with Crippen molar-refractivity contribution < 1.29 is 9.53 Å². The number of nitrogens with one attached hydrogen (secondary N) is 1. The molecule has 0 atom stereocenters. The van der Waals surface area contributed by atoms with E-state index in [1.807, 2.05) is 20.8 Å². The van der Waals surface area contributed by atoms with Crippen molar-refractivity contribution in [2.75, 3.05) is 12.7 Å². The number of ether oxygens (including phenoxy) is 1. The normalized spacial score (nSPS) is 11.7. The van der Waals surface area contributed by atoms with E-state index in [9.17, 15) is 4.79 Å². The van der Waals surface area contributed by atoms with Gasteiger partial charge in [0.2, 0.25) is 0 Å². The zero-order valence-corrected chi connectivity index (χ0v) is 21.1. The van der Waals surface area contributed by atoms with Crippen molar-refractivity contribution in [3.8, 4) is 0 Å². The SMILES string of the molecule is CC(C)(C)OC(=O)NCCCCCC[P+](c1ccccc1)(c1ccccc1)c1ccccc1. The quantitative estimate of drug-likeness (QED) is 0.294. The Morgan fingerprint density at radius 1 is 0.697 bits per heavy atom. The molecule has 0 bridgehead atoms. The Bertz CT molecular complexity index is 872. The van der Waals surface area contributed by atoms with Crippen LogP contribution in [-0.4, -0.2) is 24.4 Å². The lowest BCUT2D eigenvalue weighted by Gasteiger charge is -2.27. The van der Waals surface area contributed by atoms with Gasteiger partial charge in [-0.2, -0.15) is 0 Å². The highest BCUT2D eigenvalue weighted by molar-refractivity contribution is 7.95. The smallest absolute Gasteiger partial charge is 0.407 e. The van der Waals surface area contributed by atoms with Gasteiger partial charge in [0.05, 0.1) is 6.16 Å². The molecule has 0 unspecified atom stereocenters. The van der Waals surface area contributed by atoms with Crippen LogP contribution in [0.2, 0.25) is 0 Å². The fourth-order valence-electron chi connectivity index (χ4n) is 4.21. The largest absolute Gasteiger partial charge is 0.444 e. The first kappa shape index (κ1) is 25.0. The first-order valence-corrected chi connectivity index (χ1v) is 13.9. The van der Waals surface area contributed by atoms with E-state index in [2.05, 4.69) is 96.3 Å². The third kappa shape index (κ3) is 7.17. The molecule has 0 saturated heterocycles. The van der Waals surface area contributed by atoms with Crippen molar-refractivity contribution in [2.24, 2.45) is 0 Å². The van der Waals surface area contributed by atoms with Crippen molar-refractivity contribution in [3.05, 3.63) is 91.0 Å². The highest BCUT2D eigenvalue weighted by Gasteiger charge is 2.44. The Morgan fingerprint density at radius 2 is 1.12 bits per heavy atom. The average molecular weight is 463 g/mol. The monoisotopic (exact) mass is 462 g/mol. The van der Waals surface area contributed by atoms with Gasteiger partial charge < -0.3 is 10.1 Å². The van der Waals surface area contributed by atoms with Crippen LogP contribution in [-0.2, 0) is 4.74 Å². The minimum atomic E-state index is -1.74. The van der Waals surface area contributed by atoms with Gasteiger partial charge in [-0.3, -0.25) is 0 Å². The maximum Gasteiger partial charge on any atom is 0.407 e. The summed E-state index contributed by atoms with van der Waals surface area (Å²) in [4.78, 5) is 11.8. The second kappa shape index (κ2) is 12.0. The molecular formula is C29H37NO2P+. The molecule has 0 aliphatic carbocycles. The molecular weight excluding hydrogens is 425 g/mol. The molecule has 0 fully saturated rings. The van der Waals surface area contributed by atoms with Crippen molar-refractivity contribution in [1.29, 1.82) is 0 Å². The number of unbranched alkanes of at least 4 members (excludes halogenated alkanes) is 3. The third-order valence-corrected chi connectivity index (χ3v) is 10.2. The molecule has 3 aromatic carbocycles. The number of benzene rings is 3. The standard InChI is InChI=1S/C29H36NO2P/c1-29(2,3)32-28(31)30-23-15-4-5-16-24-33(25-17-9-6-10-18-25,26-19-11-7-12-20-26)27-21-13-8-14-22-27/h6-14,17-22H,4-5,15-16,23-24H2,1-3H3/p+1. The molecule has 0 aliphatic rings. The Labute approximate surface area is 199 Å². The predicted octanol–water partition coefficient (Wildman–Crippen LogP) is 6.07. The van der Waals surface area contributed by atoms with E-state index in [1.165, 1.54) is 15.9 Å². The van der Waals surface area contributed by atoms with Crippen LogP contribution in [0.15, 0.2) is 91.0 Å². The van der Waals surface area contributed by atoms with Gasteiger partial charge in [0.1, 0.15) is 28.8 Å². The number of carbonyl (C=O) groups excluding carboxylic acids is 1. The zero-order chi connectivity index (χ0) is 23.6. The molecule has 1 N–H and O–H groups in total. The van der Waals surface area contributed by atoms with E-state index in [1.54, 1.807) is 0 Å². The summed E-state index contributed by atoms with van der Waals surface area (Å²) in [6.45, 7) is 6.31. The van der Waals surface area contributed by atoms with Crippen LogP contribution in [0.5, 0.6) is 0 Å². The molecule has 0 spiro atoms. The molecule has 3 nitrogen and oxygen atoms in total. The van der Waals surface area contributed by atoms with Crippen LogP contribution in [0.3, 0.4) is 0 Å². The van der Waals surface area contributed by atoms with Crippen LogP contribution >= 0.6 is 7.26 Å². The summed E-state index contributed by atoms with van der Waals surface area (Å²) < 4.78 is 5.31. The molecule has 33 heavy (non-hydrogen) atoms. The van der Waals surface area contributed by atoms with Crippen LogP contribution in [0.25, 0.3) is 0 Å². The fourth-order valence-corrected chi connectivity index (χ4v) is 8.62. The minimum Gasteiger partial charge on any atom is -0.444 e. The lowest BCUT2D eigenvalue weighted by Crippen LogP contribution is -2.33. The van der Waals surface area contributed by atoms with E-state index in [-0.39, 0.29) is 6.09 Å². The van der Waals surface area contributed by atoms with Gasteiger partial charge in [-0.1, -0.05) is 61.0 Å². The van der Waals surface area contributed by atoms with Gasteiger partial charge >= 0.3 is 6.09 Å². The van der Waals surface area contributed by atoms with E-state index in [0.717, 1.165) is 31.8 Å². The molecule has 0 saturated carbocycles. The van der Waals surface area contributed by atoms with Gasteiger partial charge in [-0.15, -0.1) is 0 Å². The predicted molar refractivity (Wildman–Crippen MR) is 143 cm³/mol. The summed E-state index contributed by atoms with van der Waals surface area (Å²) in [7, 11) is -1.74. The van der Waals surface area contributed by atoms with Crippen LogP contribution in [0.1, 0.15) is 46.5 Å². The molecule has 174 valence electrons. The van der Waals surface area contributed by atoms with Crippen molar-refractivity contribution in [3.63, 3.8) is 0 Å².